The van der Waals surface area contributed by atoms with Gasteiger partial charge in [-0.3, -0.25) is 0 Å². The lowest BCUT2D eigenvalue weighted by Gasteiger charge is -2.25. The van der Waals surface area contributed by atoms with Gasteiger partial charge >= 0.3 is 6.03 Å². The summed E-state index contributed by atoms with van der Waals surface area (Å²) in [5.74, 6) is 0.239. The van der Waals surface area contributed by atoms with Crippen LogP contribution in [0.25, 0.3) is 0 Å². The van der Waals surface area contributed by atoms with Crippen LogP contribution in [0.15, 0.2) is 0 Å². The van der Waals surface area contributed by atoms with Crippen molar-refractivity contribution in [3.8, 4) is 0 Å². The van der Waals surface area contributed by atoms with Crippen molar-refractivity contribution in [1.29, 1.82) is 0 Å². The number of rotatable bonds is 6. The minimum Gasteiger partial charge on any atom is -0.393 e. The summed E-state index contributed by atoms with van der Waals surface area (Å²) in [6.07, 6.45) is 7.40. The highest BCUT2D eigenvalue weighted by Gasteiger charge is 2.27. The molecule has 0 radical (unpaired) electrons. The third kappa shape index (κ3) is 5.15. The number of nitrogens with zero attached hydrogens (tertiary/aromatic N) is 1. The molecule has 0 aromatic heterocycles. The molecular formula is C16H30N2O3. The Labute approximate surface area is 128 Å². The Hall–Kier alpha value is -0.810. The molecule has 5 nitrogen and oxygen atoms in total. The van der Waals surface area contributed by atoms with Crippen molar-refractivity contribution in [3.63, 3.8) is 0 Å². The Morgan fingerprint density at radius 1 is 1.38 bits per heavy atom. The number of aliphatic hydroxyl groups excluding tert-OH is 1. The number of hydrogen-bond acceptors (Lipinski definition) is 3. The second kappa shape index (κ2) is 7.99. The quantitative estimate of drug-likeness (QED) is 0.790. The highest BCUT2D eigenvalue weighted by Crippen LogP contribution is 2.26. The molecule has 0 bridgehead atoms. The number of amides is 2. The van der Waals surface area contributed by atoms with Crippen LogP contribution in [0.3, 0.4) is 0 Å². The number of ether oxygens (including phenoxy) is 1. The maximum Gasteiger partial charge on any atom is 0.317 e. The van der Waals surface area contributed by atoms with Crippen LogP contribution in [0, 0.1) is 5.92 Å². The molecule has 2 N–H and O–H groups in total. The van der Waals surface area contributed by atoms with Crippen LogP contribution in [0.5, 0.6) is 0 Å². The van der Waals surface area contributed by atoms with E-state index in [-0.39, 0.29) is 24.1 Å². The van der Waals surface area contributed by atoms with Gasteiger partial charge in [-0.25, -0.2) is 4.79 Å². The molecule has 1 saturated carbocycles. The molecule has 2 amide bonds. The fourth-order valence-corrected chi connectivity index (χ4v) is 3.37. The fourth-order valence-electron chi connectivity index (χ4n) is 3.37. The van der Waals surface area contributed by atoms with Gasteiger partial charge in [0.15, 0.2) is 0 Å². The molecular weight excluding hydrogens is 268 g/mol. The van der Waals surface area contributed by atoms with Gasteiger partial charge in [0.2, 0.25) is 0 Å². The van der Waals surface area contributed by atoms with Crippen molar-refractivity contribution >= 4 is 6.03 Å². The summed E-state index contributed by atoms with van der Waals surface area (Å²) in [5, 5.41) is 12.9. The molecule has 1 heterocycles. The third-order valence-corrected chi connectivity index (χ3v) is 4.79. The van der Waals surface area contributed by atoms with Crippen LogP contribution < -0.4 is 5.32 Å². The number of nitrogens with one attached hydrogen (secondary N) is 1. The van der Waals surface area contributed by atoms with Crippen molar-refractivity contribution in [1.82, 2.24) is 10.2 Å². The van der Waals surface area contributed by atoms with Crippen molar-refractivity contribution in [2.75, 3.05) is 20.2 Å². The van der Waals surface area contributed by atoms with Gasteiger partial charge in [-0.05, 0) is 45.4 Å². The smallest absolute Gasteiger partial charge is 0.317 e. The van der Waals surface area contributed by atoms with Gasteiger partial charge in [-0.15, -0.1) is 0 Å². The normalized spacial score (nSPS) is 30.3. The highest BCUT2D eigenvalue weighted by atomic mass is 16.5. The van der Waals surface area contributed by atoms with E-state index in [0.717, 1.165) is 51.6 Å². The van der Waals surface area contributed by atoms with Gasteiger partial charge in [0.25, 0.3) is 0 Å². The molecule has 0 aromatic rings. The summed E-state index contributed by atoms with van der Waals surface area (Å²) in [6.45, 7) is 3.58. The standard InChI is InChI=1S/C16H30N2O3/c1-12(8-9-14-6-4-10-21-14)17-16(20)18(2)11-13-5-3-7-15(13)19/h12-15,19H,3-11H2,1-2H3,(H,17,20)/t12-,13+,14+,15-/m1/s1. The van der Waals surface area contributed by atoms with Gasteiger partial charge in [-0.2, -0.15) is 0 Å². The number of carbonyl (C=O) groups excluding carboxylic acids is 1. The lowest BCUT2D eigenvalue weighted by atomic mass is 10.1. The Morgan fingerprint density at radius 2 is 2.19 bits per heavy atom. The van der Waals surface area contributed by atoms with E-state index in [1.54, 1.807) is 4.90 Å². The average Bonchev–Trinajstić information content (AvgIpc) is 3.09. The van der Waals surface area contributed by atoms with Crippen LogP contribution in [0.2, 0.25) is 0 Å². The molecule has 122 valence electrons. The first-order valence-electron chi connectivity index (χ1n) is 8.37. The van der Waals surface area contributed by atoms with Crippen LogP contribution >= 0.6 is 0 Å². The van der Waals surface area contributed by atoms with E-state index in [2.05, 4.69) is 5.32 Å². The van der Waals surface area contributed by atoms with Crippen LogP contribution in [0.1, 0.15) is 51.9 Å². The minimum absolute atomic E-state index is 0.0334. The number of carbonyl (C=O) groups is 1. The van der Waals surface area contributed by atoms with Gasteiger partial charge in [0.05, 0.1) is 12.2 Å². The molecule has 2 fully saturated rings. The van der Waals surface area contributed by atoms with Crippen LogP contribution in [-0.4, -0.2) is 54.5 Å². The monoisotopic (exact) mass is 298 g/mol. The molecule has 2 aliphatic rings. The third-order valence-electron chi connectivity index (χ3n) is 4.79. The molecule has 2 rings (SSSR count). The predicted octanol–water partition coefficient (Wildman–Crippen LogP) is 2.14. The molecule has 0 unspecified atom stereocenters. The first kappa shape index (κ1) is 16.6. The summed E-state index contributed by atoms with van der Waals surface area (Å²) < 4.78 is 5.61. The lowest BCUT2D eigenvalue weighted by molar-refractivity contribution is 0.0992. The molecule has 4 atom stereocenters. The lowest BCUT2D eigenvalue weighted by Crippen LogP contribution is -2.44. The molecule has 0 aromatic carbocycles. The van der Waals surface area contributed by atoms with Gasteiger partial charge in [0, 0.05) is 32.2 Å². The Balaban J connectivity index is 1.64. The van der Waals surface area contributed by atoms with Crippen LogP contribution in [-0.2, 0) is 4.74 Å². The maximum atomic E-state index is 12.1. The molecule has 21 heavy (non-hydrogen) atoms. The van der Waals surface area contributed by atoms with E-state index in [9.17, 15) is 9.90 Å². The zero-order chi connectivity index (χ0) is 15.2. The number of aliphatic hydroxyl groups is 1. The summed E-state index contributed by atoms with van der Waals surface area (Å²) in [6, 6.07) is 0.131. The summed E-state index contributed by atoms with van der Waals surface area (Å²) in [5.41, 5.74) is 0. The molecule has 5 heteroatoms. The van der Waals surface area contributed by atoms with Gasteiger partial charge < -0.3 is 20.1 Å². The SMILES string of the molecule is C[C@H](CC[C@@H]1CCCO1)NC(=O)N(C)C[C@@H]1CCC[C@H]1O. The predicted molar refractivity (Wildman–Crippen MR) is 82.2 cm³/mol. The largest absolute Gasteiger partial charge is 0.393 e. The minimum atomic E-state index is -0.239. The number of hydrogen-bond donors (Lipinski definition) is 2. The van der Waals surface area contributed by atoms with E-state index in [4.69, 9.17) is 4.74 Å². The van der Waals surface area contributed by atoms with Crippen molar-refractivity contribution in [3.05, 3.63) is 0 Å². The molecule has 1 saturated heterocycles. The van der Waals surface area contributed by atoms with Gasteiger partial charge in [0.1, 0.15) is 0 Å². The summed E-state index contributed by atoms with van der Waals surface area (Å²) in [7, 11) is 1.81. The fraction of sp³-hybridized carbons (Fsp3) is 0.938. The zero-order valence-corrected chi connectivity index (χ0v) is 13.4. The van der Waals surface area contributed by atoms with Crippen molar-refractivity contribution in [2.24, 2.45) is 5.92 Å². The number of urea groups is 1. The first-order chi connectivity index (χ1) is 10.1. The van der Waals surface area contributed by atoms with Crippen molar-refractivity contribution in [2.45, 2.75) is 70.1 Å². The summed E-state index contributed by atoms with van der Waals surface area (Å²) in [4.78, 5) is 13.9. The Bertz CT molecular complexity index is 331. The maximum absolute atomic E-state index is 12.1. The topological polar surface area (TPSA) is 61.8 Å². The van der Waals surface area contributed by atoms with E-state index >= 15 is 0 Å². The average molecular weight is 298 g/mol. The molecule has 1 aliphatic heterocycles. The van der Waals surface area contributed by atoms with E-state index in [0.29, 0.717) is 12.6 Å². The highest BCUT2D eigenvalue weighted by molar-refractivity contribution is 5.74. The second-order valence-electron chi connectivity index (χ2n) is 6.70. The zero-order valence-electron chi connectivity index (χ0n) is 13.4. The first-order valence-corrected chi connectivity index (χ1v) is 8.37. The van der Waals surface area contributed by atoms with Crippen LogP contribution in [0.4, 0.5) is 4.79 Å². The summed E-state index contributed by atoms with van der Waals surface area (Å²) >= 11 is 0. The molecule has 0 spiro atoms. The van der Waals surface area contributed by atoms with E-state index < -0.39 is 0 Å². The van der Waals surface area contributed by atoms with Crippen molar-refractivity contribution < 1.29 is 14.6 Å². The van der Waals surface area contributed by atoms with E-state index in [1.165, 1.54) is 0 Å². The Kier molecular flexibility index (Phi) is 6.30. The Morgan fingerprint density at radius 3 is 2.81 bits per heavy atom. The molecule has 1 aliphatic carbocycles. The van der Waals surface area contributed by atoms with Gasteiger partial charge in [-0.1, -0.05) is 6.42 Å². The van der Waals surface area contributed by atoms with E-state index in [1.807, 2.05) is 14.0 Å². The second-order valence-corrected chi connectivity index (χ2v) is 6.70.